The van der Waals surface area contributed by atoms with Crippen LogP contribution in [-0.4, -0.2) is 14.8 Å². The molecule has 0 unspecified atom stereocenters. The van der Waals surface area contributed by atoms with Gasteiger partial charge in [-0.2, -0.15) is 5.10 Å². The predicted octanol–water partition coefficient (Wildman–Crippen LogP) is 0.559. The number of hydrogen-bond donors (Lipinski definition) is 1. The fourth-order valence-electron chi connectivity index (χ4n) is 0.657. The standard InChI is InChI=1S/C6H9N3S/c7-6(10)2-5-9-4-1-3-8-9/h1,3-4H,2,5H2,(H2,7,10). The zero-order valence-corrected chi connectivity index (χ0v) is 6.34. The van der Waals surface area contributed by atoms with E-state index in [1.807, 2.05) is 12.3 Å². The molecule has 1 aromatic heterocycles. The predicted molar refractivity (Wildman–Crippen MR) is 43.6 cm³/mol. The molecule has 1 rings (SSSR count). The molecule has 0 fully saturated rings. The molecule has 0 aliphatic carbocycles. The lowest BCUT2D eigenvalue weighted by atomic mass is 10.4. The summed E-state index contributed by atoms with van der Waals surface area (Å²) < 4.78 is 1.80. The van der Waals surface area contributed by atoms with Crippen LogP contribution in [0.25, 0.3) is 0 Å². The number of aromatic nitrogens is 2. The Morgan fingerprint density at radius 3 is 3.00 bits per heavy atom. The third kappa shape index (κ3) is 2.14. The maximum Gasteiger partial charge on any atom is 0.0745 e. The minimum Gasteiger partial charge on any atom is -0.393 e. The quantitative estimate of drug-likeness (QED) is 0.649. The van der Waals surface area contributed by atoms with Crippen molar-refractivity contribution in [3.05, 3.63) is 18.5 Å². The second-order valence-electron chi connectivity index (χ2n) is 1.99. The first kappa shape index (κ1) is 7.21. The van der Waals surface area contributed by atoms with E-state index in [2.05, 4.69) is 5.10 Å². The topological polar surface area (TPSA) is 43.8 Å². The largest absolute Gasteiger partial charge is 0.393 e. The molecule has 0 amide bonds. The zero-order valence-electron chi connectivity index (χ0n) is 5.53. The highest BCUT2D eigenvalue weighted by Gasteiger charge is 1.90. The summed E-state index contributed by atoms with van der Waals surface area (Å²) in [6.45, 7) is 0.780. The lowest BCUT2D eigenvalue weighted by molar-refractivity contribution is 0.635. The molecule has 0 aromatic carbocycles. The number of rotatable bonds is 3. The molecule has 54 valence electrons. The summed E-state index contributed by atoms with van der Waals surface area (Å²) >= 11 is 4.71. The minimum atomic E-state index is 0.538. The van der Waals surface area contributed by atoms with Crippen molar-refractivity contribution in [1.82, 2.24) is 9.78 Å². The summed E-state index contributed by atoms with van der Waals surface area (Å²) in [5, 5.41) is 3.99. The molecule has 0 atom stereocenters. The van der Waals surface area contributed by atoms with E-state index in [9.17, 15) is 0 Å². The van der Waals surface area contributed by atoms with Crippen molar-refractivity contribution < 1.29 is 0 Å². The molecule has 4 heteroatoms. The van der Waals surface area contributed by atoms with Crippen LogP contribution in [0, 0.1) is 0 Å². The first-order valence-corrected chi connectivity index (χ1v) is 3.45. The van der Waals surface area contributed by atoms with E-state index >= 15 is 0 Å². The second-order valence-corrected chi connectivity index (χ2v) is 2.51. The molecule has 2 N–H and O–H groups in total. The monoisotopic (exact) mass is 155 g/mol. The van der Waals surface area contributed by atoms with E-state index < -0.39 is 0 Å². The molecule has 0 saturated carbocycles. The summed E-state index contributed by atoms with van der Waals surface area (Å²) in [4.78, 5) is 0.538. The summed E-state index contributed by atoms with van der Waals surface area (Å²) in [7, 11) is 0. The van der Waals surface area contributed by atoms with Crippen LogP contribution in [0.4, 0.5) is 0 Å². The van der Waals surface area contributed by atoms with Crippen molar-refractivity contribution in [2.45, 2.75) is 13.0 Å². The molecule has 0 bridgehead atoms. The molecule has 10 heavy (non-hydrogen) atoms. The molecule has 0 aliphatic rings. The van der Waals surface area contributed by atoms with E-state index in [0.717, 1.165) is 13.0 Å². The number of nitrogens with two attached hydrogens (primary N) is 1. The van der Waals surface area contributed by atoms with Gasteiger partial charge in [-0.1, -0.05) is 12.2 Å². The maximum absolute atomic E-state index is 5.30. The Balaban J connectivity index is 2.35. The van der Waals surface area contributed by atoms with E-state index in [1.54, 1.807) is 10.9 Å². The summed E-state index contributed by atoms with van der Waals surface area (Å²) in [5.74, 6) is 0. The molecular weight excluding hydrogens is 146 g/mol. The minimum absolute atomic E-state index is 0.538. The van der Waals surface area contributed by atoms with Gasteiger partial charge in [0.25, 0.3) is 0 Å². The molecule has 1 heterocycles. The van der Waals surface area contributed by atoms with Crippen LogP contribution in [0.15, 0.2) is 18.5 Å². The first-order valence-electron chi connectivity index (χ1n) is 3.05. The SMILES string of the molecule is NC(=S)CCn1cccn1. The van der Waals surface area contributed by atoms with Crippen molar-refractivity contribution >= 4 is 17.2 Å². The fraction of sp³-hybridized carbons (Fsp3) is 0.333. The smallest absolute Gasteiger partial charge is 0.0745 e. The van der Waals surface area contributed by atoms with Crippen LogP contribution < -0.4 is 5.73 Å². The van der Waals surface area contributed by atoms with Gasteiger partial charge in [0.15, 0.2) is 0 Å². The van der Waals surface area contributed by atoms with Gasteiger partial charge in [0.2, 0.25) is 0 Å². The molecule has 0 spiro atoms. The lowest BCUT2D eigenvalue weighted by Gasteiger charge is -1.97. The van der Waals surface area contributed by atoms with Crippen LogP contribution in [-0.2, 0) is 6.54 Å². The Kier molecular flexibility index (Phi) is 2.39. The highest BCUT2D eigenvalue weighted by Crippen LogP contribution is 1.88. The first-order chi connectivity index (χ1) is 4.79. The van der Waals surface area contributed by atoms with Gasteiger partial charge >= 0.3 is 0 Å². The molecule has 3 nitrogen and oxygen atoms in total. The highest BCUT2D eigenvalue weighted by atomic mass is 32.1. The summed E-state index contributed by atoms with van der Waals surface area (Å²) in [6, 6.07) is 1.87. The summed E-state index contributed by atoms with van der Waals surface area (Å²) in [5.41, 5.74) is 5.30. The average molecular weight is 155 g/mol. The number of nitrogens with zero attached hydrogens (tertiary/aromatic N) is 2. The van der Waals surface area contributed by atoms with E-state index in [-0.39, 0.29) is 0 Å². The third-order valence-corrected chi connectivity index (χ3v) is 1.35. The average Bonchev–Trinajstić information content (AvgIpc) is 2.34. The van der Waals surface area contributed by atoms with Crippen LogP contribution >= 0.6 is 12.2 Å². The number of thiocarbonyl (C=S) groups is 1. The van der Waals surface area contributed by atoms with E-state index in [4.69, 9.17) is 18.0 Å². The third-order valence-electron chi connectivity index (χ3n) is 1.15. The van der Waals surface area contributed by atoms with Crippen molar-refractivity contribution in [1.29, 1.82) is 0 Å². The lowest BCUT2D eigenvalue weighted by Crippen LogP contribution is -2.11. The van der Waals surface area contributed by atoms with Crippen molar-refractivity contribution in [2.24, 2.45) is 5.73 Å². The molecular formula is C6H9N3S. The maximum atomic E-state index is 5.30. The van der Waals surface area contributed by atoms with Gasteiger partial charge in [0.1, 0.15) is 0 Å². The fourth-order valence-corrected chi connectivity index (χ4v) is 0.749. The highest BCUT2D eigenvalue weighted by molar-refractivity contribution is 7.80. The Hall–Kier alpha value is -0.900. The van der Waals surface area contributed by atoms with E-state index in [1.165, 1.54) is 0 Å². The Bertz CT molecular complexity index is 205. The second kappa shape index (κ2) is 3.31. The van der Waals surface area contributed by atoms with E-state index in [0.29, 0.717) is 4.99 Å². The van der Waals surface area contributed by atoms with Crippen molar-refractivity contribution in [3.63, 3.8) is 0 Å². The normalized spacial score (nSPS) is 9.60. The van der Waals surface area contributed by atoms with Crippen LogP contribution in [0.1, 0.15) is 6.42 Å². The van der Waals surface area contributed by atoms with Gasteiger partial charge in [0, 0.05) is 25.4 Å². The van der Waals surface area contributed by atoms with Crippen molar-refractivity contribution in [3.8, 4) is 0 Å². The number of aryl methyl sites for hydroxylation is 1. The van der Waals surface area contributed by atoms with Gasteiger partial charge in [-0.3, -0.25) is 4.68 Å². The van der Waals surface area contributed by atoms with Gasteiger partial charge < -0.3 is 5.73 Å². The zero-order chi connectivity index (χ0) is 7.40. The molecule has 0 saturated heterocycles. The van der Waals surface area contributed by atoms with Gasteiger partial charge in [0.05, 0.1) is 4.99 Å². The summed E-state index contributed by atoms with van der Waals surface area (Å²) in [6.07, 6.45) is 4.34. The van der Waals surface area contributed by atoms with Gasteiger partial charge in [-0.05, 0) is 6.07 Å². The Morgan fingerprint density at radius 2 is 2.50 bits per heavy atom. The van der Waals surface area contributed by atoms with Crippen LogP contribution in [0.5, 0.6) is 0 Å². The Morgan fingerprint density at radius 1 is 1.70 bits per heavy atom. The van der Waals surface area contributed by atoms with Crippen molar-refractivity contribution in [2.75, 3.05) is 0 Å². The Labute approximate surface area is 64.8 Å². The number of hydrogen-bond acceptors (Lipinski definition) is 2. The molecule has 0 radical (unpaired) electrons. The van der Waals surface area contributed by atoms with Crippen LogP contribution in [0.2, 0.25) is 0 Å². The molecule has 1 aromatic rings. The van der Waals surface area contributed by atoms with Crippen LogP contribution in [0.3, 0.4) is 0 Å². The van der Waals surface area contributed by atoms with Gasteiger partial charge in [-0.15, -0.1) is 0 Å². The molecule has 0 aliphatic heterocycles. The van der Waals surface area contributed by atoms with Gasteiger partial charge in [-0.25, -0.2) is 0 Å².